The van der Waals surface area contributed by atoms with Gasteiger partial charge in [0.25, 0.3) is 5.91 Å². The van der Waals surface area contributed by atoms with Gasteiger partial charge in [-0.1, -0.05) is 17.7 Å². The Labute approximate surface area is 169 Å². The highest BCUT2D eigenvalue weighted by Gasteiger charge is 2.37. The van der Waals surface area contributed by atoms with Crippen molar-refractivity contribution in [2.24, 2.45) is 5.92 Å². The van der Waals surface area contributed by atoms with Gasteiger partial charge in [0.1, 0.15) is 5.75 Å². The molecule has 0 spiro atoms. The Kier molecular flexibility index (Phi) is 6.16. The summed E-state index contributed by atoms with van der Waals surface area (Å²) in [7, 11) is 1.56. The highest BCUT2D eigenvalue weighted by molar-refractivity contribution is 6.00. The number of rotatable bonds is 6. The van der Waals surface area contributed by atoms with Crippen molar-refractivity contribution in [3.8, 4) is 5.75 Å². The second kappa shape index (κ2) is 8.77. The predicted molar refractivity (Wildman–Crippen MR) is 109 cm³/mol. The van der Waals surface area contributed by atoms with Crippen LogP contribution in [0.1, 0.15) is 18.9 Å². The van der Waals surface area contributed by atoms with Gasteiger partial charge in [-0.2, -0.15) is 0 Å². The lowest BCUT2D eigenvalue weighted by Crippen LogP contribution is -2.33. The Bertz CT molecular complexity index is 892. The van der Waals surface area contributed by atoms with Gasteiger partial charge in [0.05, 0.1) is 13.0 Å². The number of carbonyl (C=O) groups excluding carboxylic acids is 3. The Balaban J connectivity index is 1.55. The summed E-state index contributed by atoms with van der Waals surface area (Å²) >= 11 is 0. The van der Waals surface area contributed by atoms with E-state index in [1.54, 1.807) is 36.3 Å². The van der Waals surface area contributed by atoms with Crippen LogP contribution in [0.15, 0.2) is 48.5 Å². The molecule has 1 N–H and O–H groups in total. The SMILES string of the molecule is COc1ccc(NC(=O)[C@@H](C)OC(=O)[C@H]2CC(=O)N(c3ccc(C)cc3)C2)cc1. The molecule has 29 heavy (non-hydrogen) atoms. The zero-order chi connectivity index (χ0) is 21.0. The van der Waals surface area contributed by atoms with E-state index in [0.29, 0.717) is 11.4 Å². The van der Waals surface area contributed by atoms with Crippen LogP contribution in [0.5, 0.6) is 5.75 Å². The smallest absolute Gasteiger partial charge is 0.312 e. The van der Waals surface area contributed by atoms with Crippen molar-refractivity contribution in [1.29, 1.82) is 0 Å². The maximum absolute atomic E-state index is 12.5. The minimum absolute atomic E-state index is 0.0690. The first-order valence-electron chi connectivity index (χ1n) is 9.40. The second-order valence-corrected chi connectivity index (χ2v) is 7.04. The molecule has 1 aliphatic heterocycles. The molecule has 152 valence electrons. The molecule has 0 radical (unpaired) electrons. The van der Waals surface area contributed by atoms with E-state index in [4.69, 9.17) is 9.47 Å². The fourth-order valence-electron chi connectivity index (χ4n) is 3.08. The van der Waals surface area contributed by atoms with E-state index in [1.807, 2.05) is 31.2 Å². The van der Waals surface area contributed by atoms with Crippen molar-refractivity contribution in [1.82, 2.24) is 0 Å². The van der Waals surface area contributed by atoms with Crippen LogP contribution >= 0.6 is 0 Å². The van der Waals surface area contributed by atoms with Gasteiger partial charge in [0.2, 0.25) is 5.91 Å². The molecule has 0 unspecified atom stereocenters. The molecular formula is C22H24N2O5. The van der Waals surface area contributed by atoms with Crippen LogP contribution < -0.4 is 15.0 Å². The maximum atomic E-state index is 12.5. The zero-order valence-corrected chi connectivity index (χ0v) is 16.7. The monoisotopic (exact) mass is 396 g/mol. The van der Waals surface area contributed by atoms with E-state index in [2.05, 4.69) is 5.32 Å². The molecule has 7 nitrogen and oxygen atoms in total. The maximum Gasteiger partial charge on any atom is 0.312 e. The number of nitrogens with zero attached hydrogens (tertiary/aromatic N) is 1. The van der Waals surface area contributed by atoms with Crippen LogP contribution in [-0.4, -0.2) is 37.5 Å². The zero-order valence-electron chi connectivity index (χ0n) is 16.7. The van der Waals surface area contributed by atoms with E-state index in [-0.39, 0.29) is 18.9 Å². The summed E-state index contributed by atoms with van der Waals surface area (Å²) in [6.45, 7) is 3.72. The average Bonchev–Trinajstić information content (AvgIpc) is 3.11. The van der Waals surface area contributed by atoms with Crippen molar-refractivity contribution < 1.29 is 23.9 Å². The quantitative estimate of drug-likeness (QED) is 0.759. The van der Waals surface area contributed by atoms with Gasteiger partial charge in [0.15, 0.2) is 6.10 Å². The van der Waals surface area contributed by atoms with E-state index < -0.39 is 23.9 Å². The Morgan fingerprint density at radius 3 is 2.38 bits per heavy atom. The number of nitrogens with one attached hydrogen (secondary N) is 1. The van der Waals surface area contributed by atoms with Crippen LogP contribution in [0.2, 0.25) is 0 Å². The molecule has 2 aromatic carbocycles. The van der Waals surface area contributed by atoms with Crippen molar-refractivity contribution >= 4 is 29.2 Å². The van der Waals surface area contributed by atoms with E-state index >= 15 is 0 Å². The number of amides is 2. The molecule has 1 fully saturated rings. The standard InChI is InChI=1S/C22H24N2O5/c1-14-4-8-18(9-5-14)24-13-16(12-20(24)25)22(27)29-15(2)21(26)23-17-6-10-19(28-3)11-7-17/h4-11,15-16H,12-13H2,1-3H3,(H,23,26)/t15-,16+/m1/s1. The van der Waals surface area contributed by atoms with Gasteiger partial charge >= 0.3 is 5.97 Å². The number of aryl methyl sites for hydroxylation is 1. The highest BCUT2D eigenvalue weighted by atomic mass is 16.5. The number of carbonyl (C=O) groups is 3. The lowest BCUT2D eigenvalue weighted by Gasteiger charge is -2.18. The first-order chi connectivity index (χ1) is 13.9. The Hall–Kier alpha value is -3.35. The number of esters is 1. The fourth-order valence-corrected chi connectivity index (χ4v) is 3.08. The number of hydrogen-bond acceptors (Lipinski definition) is 5. The normalized spacial score (nSPS) is 17.0. The van der Waals surface area contributed by atoms with E-state index in [9.17, 15) is 14.4 Å². The number of benzene rings is 2. The van der Waals surface area contributed by atoms with Gasteiger partial charge in [0, 0.05) is 24.3 Å². The van der Waals surface area contributed by atoms with Crippen molar-refractivity contribution in [3.63, 3.8) is 0 Å². The van der Waals surface area contributed by atoms with Crippen LogP contribution in [0, 0.1) is 12.8 Å². The van der Waals surface area contributed by atoms with Gasteiger partial charge in [-0.25, -0.2) is 0 Å². The number of ether oxygens (including phenoxy) is 2. The molecule has 1 heterocycles. The van der Waals surface area contributed by atoms with Crippen molar-refractivity contribution in [2.75, 3.05) is 23.9 Å². The molecule has 0 aliphatic carbocycles. The van der Waals surface area contributed by atoms with Gasteiger partial charge in [-0.05, 0) is 50.2 Å². The second-order valence-electron chi connectivity index (χ2n) is 7.04. The summed E-state index contributed by atoms with van der Waals surface area (Å²) in [5.74, 6) is -1.05. The molecule has 3 rings (SSSR count). The lowest BCUT2D eigenvalue weighted by molar-refractivity contribution is -0.157. The molecule has 1 saturated heterocycles. The molecule has 2 aromatic rings. The summed E-state index contributed by atoms with van der Waals surface area (Å²) < 4.78 is 10.4. The molecule has 1 aliphatic rings. The Morgan fingerprint density at radius 1 is 1.10 bits per heavy atom. The minimum Gasteiger partial charge on any atom is -0.497 e. The molecular weight excluding hydrogens is 372 g/mol. The Morgan fingerprint density at radius 2 is 1.76 bits per heavy atom. The third-order valence-corrected chi connectivity index (χ3v) is 4.82. The number of anilines is 2. The van der Waals surface area contributed by atoms with Crippen molar-refractivity contribution in [2.45, 2.75) is 26.4 Å². The van der Waals surface area contributed by atoms with Crippen LogP contribution in [0.25, 0.3) is 0 Å². The topological polar surface area (TPSA) is 84.9 Å². The third-order valence-electron chi connectivity index (χ3n) is 4.82. The van der Waals surface area contributed by atoms with E-state index in [0.717, 1.165) is 11.3 Å². The summed E-state index contributed by atoms with van der Waals surface area (Å²) in [5, 5.41) is 2.69. The lowest BCUT2D eigenvalue weighted by atomic mass is 10.1. The molecule has 0 bridgehead atoms. The fraction of sp³-hybridized carbons (Fsp3) is 0.318. The summed E-state index contributed by atoms with van der Waals surface area (Å²) in [6.07, 6.45) is -0.910. The van der Waals surface area contributed by atoms with Crippen LogP contribution in [0.4, 0.5) is 11.4 Å². The highest BCUT2D eigenvalue weighted by Crippen LogP contribution is 2.26. The molecule has 7 heteroatoms. The molecule has 0 aromatic heterocycles. The van der Waals surface area contributed by atoms with Crippen LogP contribution in [-0.2, 0) is 19.1 Å². The summed E-state index contributed by atoms with van der Waals surface area (Å²) in [5.41, 5.74) is 2.41. The van der Waals surface area contributed by atoms with Gasteiger partial charge in [-0.15, -0.1) is 0 Å². The number of methoxy groups -OCH3 is 1. The third kappa shape index (κ3) is 4.93. The molecule has 0 saturated carbocycles. The first kappa shape index (κ1) is 20.4. The average molecular weight is 396 g/mol. The summed E-state index contributed by atoms with van der Waals surface area (Å²) in [4.78, 5) is 38.7. The summed E-state index contributed by atoms with van der Waals surface area (Å²) in [6, 6.07) is 14.4. The number of hydrogen-bond donors (Lipinski definition) is 1. The minimum atomic E-state index is -0.979. The largest absolute Gasteiger partial charge is 0.497 e. The van der Waals surface area contributed by atoms with E-state index in [1.165, 1.54) is 6.92 Å². The molecule has 2 amide bonds. The van der Waals surface area contributed by atoms with Gasteiger partial charge in [-0.3, -0.25) is 14.4 Å². The molecule has 2 atom stereocenters. The van der Waals surface area contributed by atoms with Crippen LogP contribution in [0.3, 0.4) is 0 Å². The van der Waals surface area contributed by atoms with Crippen molar-refractivity contribution in [3.05, 3.63) is 54.1 Å². The van der Waals surface area contributed by atoms with Gasteiger partial charge < -0.3 is 19.7 Å². The first-order valence-corrected chi connectivity index (χ1v) is 9.40. The predicted octanol–water partition coefficient (Wildman–Crippen LogP) is 2.93.